The number of nitrogens with one attached hydrogen (secondary N) is 1. The molecule has 136 valence electrons. The second kappa shape index (κ2) is 8.77. The number of carbonyl (C=O) groups is 1. The molecule has 1 aromatic rings. The van der Waals surface area contributed by atoms with E-state index in [4.69, 9.17) is 4.74 Å². The molecule has 0 radical (unpaired) electrons. The van der Waals surface area contributed by atoms with Gasteiger partial charge >= 0.3 is 0 Å². The van der Waals surface area contributed by atoms with Gasteiger partial charge in [-0.1, -0.05) is 6.07 Å². The van der Waals surface area contributed by atoms with Gasteiger partial charge in [-0.15, -0.1) is 12.4 Å². The quantitative estimate of drug-likeness (QED) is 0.699. The number of rotatable bonds is 7. The first-order valence-electron chi connectivity index (χ1n) is 7.43. The average molecular weight is 378 g/mol. The number of benzene rings is 1. The van der Waals surface area contributed by atoms with E-state index >= 15 is 0 Å². The Morgan fingerprint density at radius 3 is 2.71 bits per heavy atom. The van der Waals surface area contributed by atoms with Crippen molar-refractivity contribution in [2.75, 3.05) is 52.3 Å². The second-order valence-corrected chi connectivity index (χ2v) is 7.69. The fourth-order valence-electron chi connectivity index (χ4n) is 2.45. The predicted molar refractivity (Wildman–Crippen MR) is 95.4 cm³/mol. The Labute approximate surface area is 149 Å². The van der Waals surface area contributed by atoms with E-state index in [0.717, 1.165) is 12.0 Å². The van der Waals surface area contributed by atoms with Crippen LogP contribution in [0.2, 0.25) is 0 Å². The maximum Gasteiger partial charge on any atom is 0.242 e. The highest BCUT2D eigenvalue weighted by Crippen LogP contribution is 2.31. The van der Waals surface area contributed by atoms with Crippen LogP contribution >= 0.6 is 12.4 Å². The van der Waals surface area contributed by atoms with Crippen LogP contribution in [0.15, 0.2) is 23.1 Å². The molecule has 7 nitrogen and oxygen atoms in total. The highest BCUT2D eigenvalue weighted by Gasteiger charge is 2.27. The van der Waals surface area contributed by atoms with Crippen molar-refractivity contribution < 1.29 is 17.9 Å². The highest BCUT2D eigenvalue weighted by atomic mass is 35.5. The van der Waals surface area contributed by atoms with Crippen molar-refractivity contribution in [1.29, 1.82) is 0 Å². The van der Waals surface area contributed by atoms with Crippen molar-refractivity contribution in [3.05, 3.63) is 23.8 Å². The third-order valence-corrected chi connectivity index (χ3v) is 5.60. The first-order chi connectivity index (χ1) is 10.9. The molecule has 0 atom stereocenters. The van der Waals surface area contributed by atoms with Gasteiger partial charge < -0.3 is 15.0 Å². The number of ether oxygens (including phenoxy) is 1. The van der Waals surface area contributed by atoms with Gasteiger partial charge in [0.25, 0.3) is 0 Å². The van der Waals surface area contributed by atoms with E-state index in [1.165, 1.54) is 18.4 Å². The van der Waals surface area contributed by atoms with E-state index in [0.29, 0.717) is 25.4 Å². The molecular formula is C15H24ClN3O4S. The van der Waals surface area contributed by atoms with E-state index in [2.05, 4.69) is 5.32 Å². The van der Waals surface area contributed by atoms with Crippen LogP contribution in [0.25, 0.3) is 0 Å². The van der Waals surface area contributed by atoms with E-state index < -0.39 is 10.0 Å². The van der Waals surface area contributed by atoms with Gasteiger partial charge in [-0.2, -0.15) is 0 Å². The molecule has 1 aromatic carbocycles. The molecule has 24 heavy (non-hydrogen) atoms. The maximum atomic E-state index is 12.3. The molecule has 1 N–H and O–H groups in total. The fraction of sp³-hybridized carbons (Fsp3) is 0.533. The molecule has 1 heterocycles. The zero-order chi connectivity index (χ0) is 17.0. The van der Waals surface area contributed by atoms with Crippen molar-refractivity contribution >= 4 is 34.0 Å². The van der Waals surface area contributed by atoms with Crippen molar-refractivity contribution in [1.82, 2.24) is 9.62 Å². The summed E-state index contributed by atoms with van der Waals surface area (Å²) >= 11 is 0. The van der Waals surface area contributed by atoms with Crippen LogP contribution < -0.4 is 10.2 Å². The number of fused-ring (bicyclic) bond motifs is 1. The summed E-state index contributed by atoms with van der Waals surface area (Å²) in [6, 6.07) is 4.97. The molecule has 0 spiro atoms. The molecule has 0 aromatic heterocycles. The van der Waals surface area contributed by atoms with Gasteiger partial charge in [0.15, 0.2) is 0 Å². The summed E-state index contributed by atoms with van der Waals surface area (Å²) in [7, 11) is 1.08. The molecule has 0 aliphatic carbocycles. The zero-order valence-corrected chi connectivity index (χ0v) is 15.7. The largest absolute Gasteiger partial charge is 0.383 e. The SMILES string of the molecule is COCCNCC(=O)N1CCc2ccc(S(=O)(=O)N(C)C)cc21.Cl. The van der Waals surface area contributed by atoms with Crippen molar-refractivity contribution in [3.8, 4) is 0 Å². The Morgan fingerprint density at radius 2 is 2.08 bits per heavy atom. The average Bonchev–Trinajstić information content (AvgIpc) is 2.94. The summed E-state index contributed by atoms with van der Waals surface area (Å²) in [5.41, 5.74) is 1.68. The van der Waals surface area contributed by atoms with Gasteiger partial charge in [0.2, 0.25) is 15.9 Å². The molecule has 0 saturated heterocycles. The monoisotopic (exact) mass is 377 g/mol. The molecule has 1 aliphatic rings. The molecule has 0 unspecified atom stereocenters. The van der Waals surface area contributed by atoms with Crippen molar-refractivity contribution in [3.63, 3.8) is 0 Å². The van der Waals surface area contributed by atoms with Gasteiger partial charge in [-0.3, -0.25) is 4.79 Å². The highest BCUT2D eigenvalue weighted by molar-refractivity contribution is 7.89. The molecular weight excluding hydrogens is 354 g/mol. The fourth-order valence-corrected chi connectivity index (χ4v) is 3.38. The molecule has 1 amide bonds. The standard InChI is InChI=1S/C15H23N3O4S.ClH/c1-17(2)23(20,21)13-5-4-12-6-8-18(14(12)10-13)15(19)11-16-7-9-22-3;/h4-5,10,16H,6-9,11H2,1-3H3;1H. The van der Waals surface area contributed by atoms with Crippen LogP contribution in [0.1, 0.15) is 5.56 Å². The lowest BCUT2D eigenvalue weighted by atomic mass is 10.2. The van der Waals surface area contributed by atoms with Gasteiger partial charge in [0.05, 0.1) is 18.0 Å². The smallest absolute Gasteiger partial charge is 0.242 e. The topological polar surface area (TPSA) is 79.0 Å². The molecule has 0 bridgehead atoms. The number of nitrogens with zero attached hydrogens (tertiary/aromatic N) is 2. The van der Waals surface area contributed by atoms with Crippen molar-refractivity contribution in [2.45, 2.75) is 11.3 Å². The minimum atomic E-state index is -3.51. The van der Waals surface area contributed by atoms with Gasteiger partial charge in [0, 0.05) is 40.0 Å². The number of hydrogen-bond acceptors (Lipinski definition) is 5. The Kier molecular flexibility index (Phi) is 7.62. The lowest BCUT2D eigenvalue weighted by molar-refractivity contribution is -0.117. The first-order valence-corrected chi connectivity index (χ1v) is 8.87. The summed E-state index contributed by atoms with van der Waals surface area (Å²) < 4.78 is 30.6. The number of amides is 1. The Hall–Kier alpha value is -1.19. The number of hydrogen-bond donors (Lipinski definition) is 1. The van der Waals surface area contributed by atoms with E-state index in [9.17, 15) is 13.2 Å². The van der Waals surface area contributed by atoms with E-state index in [1.54, 1.807) is 30.2 Å². The molecule has 0 saturated carbocycles. The third kappa shape index (κ3) is 4.46. The lowest BCUT2D eigenvalue weighted by Crippen LogP contribution is -2.38. The van der Waals surface area contributed by atoms with Crippen LogP contribution in [-0.4, -0.2) is 66.1 Å². The minimum absolute atomic E-state index is 0. The summed E-state index contributed by atoms with van der Waals surface area (Å²) in [4.78, 5) is 14.2. The summed E-state index contributed by atoms with van der Waals surface area (Å²) in [6.07, 6.45) is 0.738. The number of methoxy groups -OCH3 is 1. The Morgan fingerprint density at radius 1 is 1.38 bits per heavy atom. The number of halogens is 1. The van der Waals surface area contributed by atoms with Gasteiger partial charge in [-0.25, -0.2) is 12.7 Å². The maximum absolute atomic E-state index is 12.3. The number of anilines is 1. The molecule has 0 fully saturated rings. The predicted octanol–water partition coefficient (Wildman–Crippen LogP) is 0.484. The normalized spacial score (nSPS) is 13.8. The van der Waals surface area contributed by atoms with Gasteiger partial charge in [-0.05, 0) is 24.1 Å². The number of carbonyl (C=O) groups excluding carboxylic acids is 1. The van der Waals surface area contributed by atoms with Crippen LogP contribution in [0.3, 0.4) is 0 Å². The molecule has 2 rings (SSSR count). The van der Waals surface area contributed by atoms with Crippen molar-refractivity contribution in [2.24, 2.45) is 0 Å². The molecule has 1 aliphatic heterocycles. The third-order valence-electron chi connectivity index (χ3n) is 3.79. The Balaban J connectivity index is 0.00000288. The Bertz CT molecular complexity index is 679. The summed E-state index contributed by atoms with van der Waals surface area (Å²) in [5.74, 6) is -0.0701. The minimum Gasteiger partial charge on any atom is -0.383 e. The van der Waals surface area contributed by atoms with Gasteiger partial charge in [0.1, 0.15) is 0 Å². The van der Waals surface area contributed by atoms with E-state index in [1.807, 2.05) is 0 Å². The van der Waals surface area contributed by atoms with Crippen LogP contribution in [0.4, 0.5) is 5.69 Å². The second-order valence-electron chi connectivity index (χ2n) is 5.54. The van der Waals surface area contributed by atoms with Crippen LogP contribution in [0, 0.1) is 0 Å². The zero-order valence-electron chi connectivity index (χ0n) is 14.1. The molecule has 9 heteroatoms. The summed E-state index contributed by atoms with van der Waals surface area (Å²) in [6.45, 7) is 1.91. The lowest BCUT2D eigenvalue weighted by Gasteiger charge is -2.19. The summed E-state index contributed by atoms with van der Waals surface area (Å²) in [5, 5.41) is 3.01. The number of sulfonamides is 1. The van der Waals surface area contributed by atoms with E-state index in [-0.39, 0.29) is 29.8 Å². The first kappa shape index (κ1) is 20.9. The van der Waals surface area contributed by atoms with Crippen LogP contribution in [0.5, 0.6) is 0 Å². The van der Waals surface area contributed by atoms with Crippen LogP contribution in [-0.2, 0) is 26.0 Å².